The molecule has 1 aromatic heterocycles. The van der Waals surface area contributed by atoms with Crippen LogP contribution in [-0.2, 0) is 17.6 Å². The average molecular weight is 375 g/mol. The van der Waals surface area contributed by atoms with E-state index in [2.05, 4.69) is 10.5 Å². The van der Waals surface area contributed by atoms with Gasteiger partial charge in [0.25, 0.3) is 5.91 Å². The first kappa shape index (κ1) is 18.1. The lowest BCUT2D eigenvalue weighted by Crippen LogP contribution is -2.46. The Kier molecular flexibility index (Phi) is 5.32. The van der Waals surface area contributed by atoms with Crippen LogP contribution in [0.3, 0.4) is 0 Å². The summed E-state index contributed by atoms with van der Waals surface area (Å²) in [5, 5.41) is 16.8. The number of primary amides is 1. The molecule has 1 unspecified atom stereocenters. The highest BCUT2D eigenvalue weighted by atomic mass is 32.1. The molecule has 1 aliphatic rings. The smallest absolute Gasteiger partial charge is 0.253 e. The van der Waals surface area contributed by atoms with E-state index < -0.39 is 17.9 Å². The Bertz CT molecular complexity index is 861. The van der Waals surface area contributed by atoms with Crippen LogP contribution in [0.4, 0.5) is 4.39 Å². The maximum absolute atomic E-state index is 13.0. The van der Waals surface area contributed by atoms with E-state index in [1.165, 1.54) is 23.5 Å². The molecule has 0 saturated carbocycles. The highest BCUT2D eigenvalue weighted by Gasteiger charge is 2.26. The van der Waals surface area contributed by atoms with Crippen LogP contribution in [0.1, 0.15) is 39.2 Å². The van der Waals surface area contributed by atoms with Gasteiger partial charge in [-0.1, -0.05) is 17.3 Å². The van der Waals surface area contributed by atoms with Crippen molar-refractivity contribution in [1.29, 1.82) is 0 Å². The number of benzene rings is 1. The number of thiophene rings is 1. The molecule has 6 nitrogen and oxygen atoms in total. The Hall–Kier alpha value is -2.74. The molecule has 2 amide bonds. The van der Waals surface area contributed by atoms with Gasteiger partial charge in [-0.25, -0.2) is 4.39 Å². The molecule has 2 aromatic rings. The number of amides is 2. The number of halogens is 1. The van der Waals surface area contributed by atoms with E-state index in [4.69, 9.17) is 10.9 Å². The van der Waals surface area contributed by atoms with Crippen molar-refractivity contribution in [2.24, 2.45) is 10.9 Å². The second kappa shape index (κ2) is 7.65. The summed E-state index contributed by atoms with van der Waals surface area (Å²) in [4.78, 5) is 25.2. The van der Waals surface area contributed by atoms with Crippen LogP contribution < -0.4 is 11.1 Å². The van der Waals surface area contributed by atoms with E-state index in [1.807, 2.05) is 0 Å². The third-order valence-electron chi connectivity index (χ3n) is 4.36. The minimum absolute atomic E-state index is 0.178. The summed E-state index contributed by atoms with van der Waals surface area (Å²) in [5.74, 6) is -1.43. The predicted octanol–water partition coefficient (Wildman–Crippen LogP) is 2.23. The summed E-state index contributed by atoms with van der Waals surface area (Å²) in [6.07, 6.45) is 2.34. The molecule has 0 saturated heterocycles. The molecule has 1 aliphatic carbocycles. The standard InChI is InChI=1S/C18H18FN3O3S/c19-11-6-4-10(5-7-11)8-15(17(20)23)21-18(24)13-9-26-16-12(13)2-1-3-14(16)22-25/h4-7,9,15,25H,1-3,8H2,(H2,20,23)(H,21,24). The first-order valence-corrected chi connectivity index (χ1v) is 9.04. The van der Waals surface area contributed by atoms with Gasteiger partial charge in [-0.3, -0.25) is 9.59 Å². The van der Waals surface area contributed by atoms with Gasteiger partial charge in [-0.15, -0.1) is 11.3 Å². The van der Waals surface area contributed by atoms with E-state index in [-0.39, 0.29) is 12.2 Å². The molecule has 136 valence electrons. The summed E-state index contributed by atoms with van der Waals surface area (Å²) in [6.45, 7) is 0. The molecule has 1 heterocycles. The zero-order chi connectivity index (χ0) is 18.7. The van der Waals surface area contributed by atoms with Crippen molar-refractivity contribution in [2.45, 2.75) is 31.7 Å². The van der Waals surface area contributed by atoms with Crippen LogP contribution in [0.15, 0.2) is 34.8 Å². The highest BCUT2D eigenvalue weighted by Crippen LogP contribution is 2.30. The number of nitrogens with one attached hydrogen (secondary N) is 1. The fraction of sp³-hybridized carbons (Fsp3) is 0.278. The number of oxime groups is 1. The second-order valence-electron chi connectivity index (χ2n) is 6.12. The molecule has 26 heavy (non-hydrogen) atoms. The van der Waals surface area contributed by atoms with Gasteiger partial charge in [0.2, 0.25) is 5.91 Å². The van der Waals surface area contributed by atoms with Gasteiger partial charge >= 0.3 is 0 Å². The van der Waals surface area contributed by atoms with Gasteiger partial charge < -0.3 is 16.3 Å². The molecular weight excluding hydrogens is 357 g/mol. The van der Waals surface area contributed by atoms with Crippen LogP contribution in [0.2, 0.25) is 0 Å². The van der Waals surface area contributed by atoms with Crippen molar-refractivity contribution in [2.75, 3.05) is 0 Å². The van der Waals surface area contributed by atoms with Gasteiger partial charge in [-0.05, 0) is 42.5 Å². The van der Waals surface area contributed by atoms with Crippen LogP contribution in [0.5, 0.6) is 0 Å². The molecule has 0 fully saturated rings. The number of rotatable bonds is 5. The minimum Gasteiger partial charge on any atom is -0.411 e. The van der Waals surface area contributed by atoms with E-state index in [0.29, 0.717) is 29.7 Å². The summed E-state index contributed by atoms with van der Waals surface area (Å²) in [6, 6.07) is 4.78. The lowest BCUT2D eigenvalue weighted by molar-refractivity contribution is -0.119. The van der Waals surface area contributed by atoms with Crippen LogP contribution >= 0.6 is 11.3 Å². The van der Waals surface area contributed by atoms with E-state index in [0.717, 1.165) is 16.9 Å². The Morgan fingerprint density at radius 3 is 2.69 bits per heavy atom. The van der Waals surface area contributed by atoms with Crippen LogP contribution in [0.25, 0.3) is 0 Å². The molecule has 3 rings (SSSR count). The summed E-state index contributed by atoms with van der Waals surface area (Å²) >= 11 is 1.34. The third-order valence-corrected chi connectivity index (χ3v) is 5.43. The summed E-state index contributed by atoms with van der Waals surface area (Å²) in [5.41, 5.74) is 7.99. The quantitative estimate of drug-likeness (QED) is 0.551. The highest BCUT2D eigenvalue weighted by molar-refractivity contribution is 7.12. The number of carbonyl (C=O) groups excluding carboxylic acids is 2. The van der Waals surface area contributed by atoms with E-state index in [9.17, 15) is 14.0 Å². The van der Waals surface area contributed by atoms with Gasteiger partial charge in [0.05, 0.1) is 16.2 Å². The number of carbonyl (C=O) groups is 2. The number of fused-ring (bicyclic) bond motifs is 1. The predicted molar refractivity (Wildman–Crippen MR) is 96.1 cm³/mol. The Morgan fingerprint density at radius 2 is 2.04 bits per heavy atom. The van der Waals surface area contributed by atoms with E-state index >= 15 is 0 Å². The average Bonchev–Trinajstić information content (AvgIpc) is 3.07. The van der Waals surface area contributed by atoms with Crippen molar-refractivity contribution in [3.63, 3.8) is 0 Å². The van der Waals surface area contributed by atoms with Gasteiger partial charge in [0.15, 0.2) is 0 Å². The van der Waals surface area contributed by atoms with Crippen molar-refractivity contribution in [3.05, 3.63) is 57.0 Å². The maximum atomic E-state index is 13.0. The number of nitrogens with zero attached hydrogens (tertiary/aromatic N) is 1. The molecule has 0 spiro atoms. The van der Waals surface area contributed by atoms with Crippen molar-refractivity contribution < 1.29 is 19.2 Å². The lowest BCUT2D eigenvalue weighted by Gasteiger charge is -2.17. The van der Waals surface area contributed by atoms with Gasteiger partial charge in [0.1, 0.15) is 11.9 Å². The van der Waals surface area contributed by atoms with Crippen LogP contribution in [0, 0.1) is 5.82 Å². The molecule has 1 atom stereocenters. The normalized spacial score (nSPS) is 16.1. The first-order valence-electron chi connectivity index (χ1n) is 8.16. The largest absolute Gasteiger partial charge is 0.411 e. The molecule has 0 radical (unpaired) electrons. The minimum atomic E-state index is -0.905. The molecule has 4 N–H and O–H groups in total. The summed E-state index contributed by atoms with van der Waals surface area (Å²) < 4.78 is 13.0. The fourth-order valence-electron chi connectivity index (χ4n) is 3.02. The second-order valence-corrected chi connectivity index (χ2v) is 7.00. The van der Waals surface area contributed by atoms with E-state index in [1.54, 1.807) is 17.5 Å². The van der Waals surface area contributed by atoms with Crippen molar-refractivity contribution in [3.8, 4) is 0 Å². The topological polar surface area (TPSA) is 105 Å². The maximum Gasteiger partial charge on any atom is 0.253 e. The summed E-state index contributed by atoms with van der Waals surface area (Å²) in [7, 11) is 0. The monoisotopic (exact) mass is 375 g/mol. The fourth-order valence-corrected chi connectivity index (χ4v) is 4.14. The van der Waals surface area contributed by atoms with Gasteiger partial charge in [0, 0.05) is 11.8 Å². The third kappa shape index (κ3) is 3.75. The molecular formula is C18H18FN3O3S. The first-order chi connectivity index (χ1) is 12.5. The SMILES string of the molecule is NC(=O)C(Cc1ccc(F)cc1)NC(=O)c1csc2c1CCCC2=NO. The number of hydrogen-bond acceptors (Lipinski definition) is 5. The molecule has 8 heteroatoms. The number of nitrogens with two attached hydrogens (primary N) is 1. The Balaban J connectivity index is 1.78. The number of hydrogen-bond donors (Lipinski definition) is 3. The zero-order valence-corrected chi connectivity index (χ0v) is 14.7. The molecule has 0 bridgehead atoms. The van der Waals surface area contributed by atoms with Gasteiger partial charge in [-0.2, -0.15) is 0 Å². The molecule has 0 aliphatic heterocycles. The van der Waals surface area contributed by atoms with Crippen molar-refractivity contribution in [1.82, 2.24) is 5.32 Å². The zero-order valence-electron chi connectivity index (χ0n) is 13.9. The molecule has 1 aromatic carbocycles. The van der Waals surface area contributed by atoms with Crippen LogP contribution in [-0.4, -0.2) is 28.8 Å². The van der Waals surface area contributed by atoms with Crippen molar-refractivity contribution >= 4 is 28.9 Å². The lowest BCUT2D eigenvalue weighted by atomic mass is 9.94. The Morgan fingerprint density at radius 1 is 1.31 bits per heavy atom. The Labute approximate surface area is 153 Å².